The van der Waals surface area contributed by atoms with Crippen molar-refractivity contribution in [3.05, 3.63) is 65.9 Å². The van der Waals surface area contributed by atoms with Crippen LogP contribution in [0.5, 0.6) is 5.95 Å². The van der Waals surface area contributed by atoms with Crippen LogP contribution in [0.1, 0.15) is 22.5 Å². The van der Waals surface area contributed by atoms with E-state index < -0.39 is 29.7 Å². The van der Waals surface area contributed by atoms with Gasteiger partial charge in [0.05, 0.1) is 11.7 Å². The molecule has 0 spiro atoms. The van der Waals surface area contributed by atoms with Crippen molar-refractivity contribution in [3.8, 4) is 11.6 Å². The Morgan fingerprint density at radius 1 is 1.19 bits per heavy atom. The number of hydrogen-bond acceptors (Lipinski definition) is 6. The van der Waals surface area contributed by atoms with Gasteiger partial charge in [0.1, 0.15) is 0 Å². The smallest absolute Gasteiger partial charge is 0.306 e. The van der Waals surface area contributed by atoms with Crippen LogP contribution in [0.15, 0.2) is 59.1 Å². The first-order chi connectivity index (χ1) is 12.5. The molecule has 4 rings (SSSR count). The molecule has 1 amide bonds. The summed E-state index contributed by atoms with van der Waals surface area (Å²) in [4.78, 5) is 25.0. The van der Waals surface area contributed by atoms with Gasteiger partial charge in [0.2, 0.25) is 11.5 Å². The van der Waals surface area contributed by atoms with Gasteiger partial charge in [-0.25, -0.2) is 0 Å². The minimum atomic E-state index is -2.06. The Hall–Kier alpha value is -3.52. The predicted molar refractivity (Wildman–Crippen MR) is 85.4 cm³/mol. The molecule has 1 unspecified atom stereocenters. The van der Waals surface area contributed by atoms with Crippen molar-refractivity contribution in [1.29, 1.82) is 0 Å². The quantitative estimate of drug-likeness (QED) is 0.520. The first-order valence-corrected chi connectivity index (χ1v) is 7.82. The zero-order chi connectivity index (χ0) is 18.3. The lowest BCUT2D eigenvalue weighted by Crippen LogP contribution is -2.42. The number of benzene rings is 2. The minimum absolute atomic E-state index is 0.286. The Labute approximate surface area is 147 Å². The zero-order valence-corrected chi connectivity index (χ0v) is 13.4. The van der Waals surface area contributed by atoms with Gasteiger partial charge in [0.15, 0.2) is 11.5 Å². The maximum Gasteiger partial charge on any atom is 0.306 e. The van der Waals surface area contributed by atoms with Crippen molar-refractivity contribution in [1.82, 2.24) is 5.27 Å². The van der Waals surface area contributed by atoms with Crippen LogP contribution in [0.2, 0.25) is 0 Å². The second-order valence-corrected chi connectivity index (χ2v) is 5.92. The molecule has 2 N–H and O–H groups in total. The number of Topliss-reactive ketones (excluding diaryl/α,β-unsaturated/α-hetero) is 1. The zero-order valence-electron chi connectivity index (χ0n) is 13.4. The number of carbonyl (C=O) groups excluding carboxylic acids is 2. The molecule has 130 valence electrons. The molecule has 0 fully saturated rings. The summed E-state index contributed by atoms with van der Waals surface area (Å²) in [7, 11) is 0. The number of anilines is 1. The normalized spacial score (nSPS) is 18.4. The topological polar surface area (TPSA) is 119 Å². The highest BCUT2D eigenvalue weighted by Crippen LogP contribution is 2.38. The highest BCUT2D eigenvalue weighted by molar-refractivity contribution is 6.09. The van der Waals surface area contributed by atoms with Gasteiger partial charge in [-0.1, -0.05) is 36.4 Å². The number of fused-ring (bicyclic) bond motifs is 1. The van der Waals surface area contributed by atoms with E-state index in [9.17, 15) is 19.8 Å². The molecule has 8 heteroatoms. The molecule has 0 saturated heterocycles. The number of hydrogen-bond donors (Lipinski definition) is 2. The van der Waals surface area contributed by atoms with E-state index in [1.165, 1.54) is 0 Å². The average molecular weight is 351 g/mol. The fraction of sp³-hybridized carbons (Fsp3) is 0.111. The molecular weight excluding hydrogens is 338 g/mol. The predicted octanol–water partition coefficient (Wildman–Crippen LogP) is 0.438. The number of ketones is 1. The van der Waals surface area contributed by atoms with E-state index in [4.69, 9.17) is 0 Å². The van der Waals surface area contributed by atoms with Gasteiger partial charge in [-0.3, -0.25) is 9.59 Å². The summed E-state index contributed by atoms with van der Waals surface area (Å²) < 4.78 is 5.68. The summed E-state index contributed by atoms with van der Waals surface area (Å²) in [6.07, 6.45) is -0.612. The third kappa shape index (κ3) is 2.35. The maximum atomic E-state index is 12.8. The van der Waals surface area contributed by atoms with Gasteiger partial charge in [-0.2, -0.15) is 0 Å². The van der Waals surface area contributed by atoms with Crippen molar-refractivity contribution < 1.29 is 29.0 Å². The van der Waals surface area contributed by atoms with E-state index >= 15 is 0 Å². The molecule has 3 aromatic rings. The molecule has 8 nitrogen and oxygen atoms in total. The molecule has 26 heavy (non-hydrogen) atoms. The van der Waals surface area contributed by atoms with Crippen LogP contribution < -0.4 is 15.1 Å². The monoisotopic (exact) mass is 351 g/mol. The molecule has 1 aliphatic heterocycles. The fourth-order valence-corrected chi connectivity index (χ4v) is 3.02. The molecule has 0 saturated carbocycles. The van der Waals surface area contributed by atoms with Crippen LogP contribution in [0.3, 0.4) is 0 Å². The Bertz CT molecular complexity index is 1010. The van der Waals surface area contributed by atoms with E-state index in [-0.39, 0.29) is 11.3 Å². The summed E-state index contributed by atoms with van der Waals surface area (Å²) in [5.41, 5.74) is -1.26. The van der Waals surface area contributed by atoms with Gasteiger partial charge in [0.25, 0.3) is 5.91 Å². The van der Waals surface area contributed by atoms with Gasteiger partial charge in [0, 0.05) is 23.4 Å². The summed E-state index contributed by atoms with van der Waals surface area (Å²) in [5.74, 6) is -2.41. The SMILES string of the molecule is O=C(CC1(O)C(=O)Nc2ccccc21)c1c([O-])on[n+]1-c1ccccc1. The summed E-state index contributed by atoms with van der Waals surface area (Å²) in [6.45, 7) is 0. The summed E-state index contributed by atoms with van der Waals surface area (Å²) in [5, 5.41) is 29.0. The van der Waals surface area contributed by atoms with Crippen LogP contribution in [0.4, 0.5) is 5.69 Å². The molecule has 0 aliphatic carbocycles. The lowest BCUT2D eigenvalue weighted by Gasteiger charge is -2.18. The highest BCUT2D eigenvalue weighted by atomic mass is 16.6. The minimum Gasteiger partial charge on any atom is -0.539 e. The van der Waals surface area contributed by atoms with Crippen molar-refractivity contribution in [3.63, 3.8) is 0 Å². The fourth-order valence-electron chi connectivity index (χ4n) is 3.02. The lowest BCUT2D eigenvalue weighted by molar-refractivity contribution is -0.672. The molecule has 0 bridgehead atoms. The number of para-hydroxylation sites is 2. The third-order valence-electron chi connectivity index (χ3n) is 4.29. The Morgan fingerprint density at radius 2 is 1.88 bits per heavy atom. The Morgan fingerprint density at radius 3 is 2.65 bits per heavy atom. The molecule has 1 atom stereocenters. The van der Waals surface area contributed by atoms with Crippen molar-refractivity contribution in [2.24, 2.45) is 0 Å². The molecule has 2 aromatic carbocycles. The van der Waals surface area contributed by atoms with E-state index in [0.29, 0.717) is 11.4 Å². The number of aliphatic hydroxyl groups is 1. The van der Waals surface area contributed by atoms with Crippen LogP contribution in [-0.4, -0.2) is 22.1 Å². The number of nitrogens with zero attached hydrogens (tertiary/aromatic N) is 2. The molecule has 1 aromatic heterocycles. The van der Waals surface area contributed by atoms with Gasteiger partial charge in [-0.05, 0) is 10.7 Å². The van der Waals surface area contributed by atoms with E-state index in [2.05, 4.69) is 15.1 Å². The van der Waals surface area contributed by atoms with Gasteiger partial charge < -0.3 is 20.1 Å². The Kier molecular flexibility index (Phi) is 3.55. The number of carbonyl (C=O) groups is 2. The molecule has 2 heterocycles. The van der Waals surface area contributed by atoms with E-state index in [0.717, 1.165) is 4.68 Å². The number of aromatic nitrogens is 2. The second-order valence-electron chi connectivity index (χ2n) is 5.92. The summed E-state index contributed by atoms with van der Waals surface area (Å²) >= 11 is 0. The average Bonchev–Trinajstić information content (AvgIpc) is 3.14. The first-order valence-electron chi connectivity index (χ1n) is 7.82. The Balaban J connectivity index is 1.73. The standard InChI is InChI=1S/C18H13N3O5/c22-14(10-18(25)12-8-4-5-9-13(12)19-17(18)24)15-16(23)26-20-21(15)11-6-2-1-3-7-11/h1-9,25H,10H2,(H-,19,20,22,23,24). The van der Waals surface area contributed by atoms with Gasteiger partial charge >= 0.3 is 5.69 Å². The van der Waals surface area contributed by atoms with Crippen LogP contribution in [0.25, 0.3) is 5.69 Å². The maximum absolute atomic E-state index is 12.8. The van der Waals surface area contributed by atoms with Crippen molar-refractivity contribution in [2.45, 2.75) is 12.0 Å². The molecular formula is C18H13N3O5. The summed E-state index contributed by atoms with van der Waals surface area (Å²) in [6, 6.07) is 15.0. The largest absolute Gasteiger partial charge is 0.539 e. The van der Waals surface area contributed by atoms with Crippen molar-refractivity contribution in [2.75, 3.05) is 5.32 Å². The lowest BCUT2D eigenvalue weighted by atomic mass is 9.89. The first kappa shape index (κ1) is 16.0. The molecule has 1 aliphatic rings. The highest BCUT2D eigenvalue weighted by Gasteiger charge is 2.48. The van der Waals surface area contributed by atoms with Gasteiger partial charge in [-0.15, -0.1) is 0 Å². The van der Waals surface area contributed by atoms with Crippen molar-refractivity contribution >= 4 is 17.4 Å². The molecule has 0 radical (unpaired) electrons. The number of amides is 1. The number of rotatable bonds is 4. The van der Waals surface area contributed by atoms with Crippen LogP contribution in [0, 0.1) is 0 Å². The van der Waals surface area contributed by atoms with E-state index in [1.807, 2.05) is 0 Å². The number of nitrogens with one attached hydrogen (secondary N) is 1. The third-order valence-corrected chi connectivity index (χ3v) is 4.29. The van der Waals surface area contributed by atoms with Crippen LogP contribution in [-0.2, 0) is 10.4 Å². The van der Waals surface area contributed by atoms with E-state index in [1.54, 1.807) is 54.6 Å². The second kappa shape index (κ2) is 5.78. The van der Waals surface area contributed by atoms with Crippen LogP contribution >= 0.6 is 0 Å².